The molecule has 0 unspecified atom stereocenters. The molecule has 0 radical (unpaired) electrons. The van der Waals surface area contributed by atoms with Crippen molar-refractivity contribution in [1.82, 2.24) is 0 Å². The Balaban J connectivity index is 1.63. The lowest BCUT2D eigenvalue weighted by molar-refractivity contribution is -0.00285. The molecule has 5 heteroatoms. The quantitative estimate of drug-likeness (QED) is 0.605. The predicted octanol–water partition coefficient (Wildman–Crippen LogP) is 4.44. The van der Waals surface area contributed by atoms with Crippen molar-refractivity contribution in [2.45, 2.75) is 32.3 Å². The number of cyclic esters (lactones) is 1. The van der Waals surface area contributed by atoms with Gasteiger partial charge in [0.1, 0.15) is 30.3 Å². The van der Waals surface area contributed by atoms with Gasteiger partial charge in [0.25, 0.3) is 0 Å². The number of aliphatic hydroxyl groups is 1. The standard InChI is InChI=1S/C24H22O5/c1-16(25)23-20-12-19(27-14-17-8-4-2-5-9-17)13-21(22(20)24(26)29-23)28-15-18-10-6-3-7-11-18/h2-13,16,23,25H,14-15H2,1H3/t16-,23+/m1/s1. The molecule has 0 amide bonds. The van der Waals surface area contributed by atoms with Crippen molar-refractivity contribution in [1.29, 1.82) is 0 Å². The van der Waals surface area contributed by atoms with E-state index in [2.05, 4.69) is 0 Å². The molecule has 2 atom stereocenters. The van der Waals surface area contributed by atoms with Gasteiger partial charge in [-0.05, 0) is 24.1 Å². The van der Waals surface area contributed by atoms with E-state index in [0.29, 0.717) is 35.8 Å². The molecule has 5 nitrogen and oxygen atoms in total. The molecule has 1 heterocycles. The number of ether oxygens (including phenoxy) is 3. The van der Waals surface area contributed by atoms with Gasteiger partial charge in [-0.2, -0.15) is 0 Å². The van der Waals surface area contributed by atoms with Crippen LogP contribution in [0.25, 0.3) is 0 Å². The normalized spacial score (nSPS) is 16.1. The fourth-order valence-electron chi connectivity index (χ4n) is 3.32. The minimum absolute atomic E-state index is 0.308. The lowest BCUT2D eigenvalue weighted by atomic mass is 10.0. The molecule has 148 valence electrons. The van der Waals surface area contributed by atoms with Crippen molar-refractivity contribution in [2.75, 3.05) is 0 Å². The molecule has 1 N–H and O–H groups in total. The Bertz CT molecular complexity index is 983. The second kappa shape index (κ2) is 8.37. The highest BCUT2D eigenvalue weighted by atomic mass is 16.6. The van der Waals surface area contributed by atoms with Crippen LogP contribution in [0.5, 0.6) is 11.5 Å². The summed E-state index contributed by atoms with van der Waals surface area (Å²) in [6.07, 6.45) is -1.58. The Morgan fingerprint density at radius 3 is 2.10 bits per heavy atom. The van der Waals surface area contributed by atoms with Crippen LogP contribution in [0.2, 0.25) is 0 Å². The number of benzene rings is 3. The van der Waals surface area contributed by atoms with Gasteiger partial charge in [-0.1, -0.05) is 60.7 Å². The second-order valence-corrected chi connectivity index (χ2v) is 7.00. The number of fused-ring (bicyclic) bond motifs is 1. The van der Waals surface area contributed by atoms with E-state index >= 15 is 0 Å². The monoisotopic (exact) mass is 390 g/mol. The summed E-state index contributed by atoms with van der Waals surface area (Å²) in [5, 5.41) is 10.1. The first-order valence-electron chi connectivity index (χ1n) is 9.52. The van der Waals surface area contributed by atoms with Gasteiger partial charge in [-0.15, -0.1) is 0 Å². The molecular weight excluding hydrogens is 368 g/mol. The predicted molar refractivity (Wildman–Crippen MR) is 108 cm³/mol. The zero-order valence-electron chi connectivity index (χ0n) is 16.1. The molecule has 1 aliphatic heterocycles. The van der Waals surface area contributed by atoms with Gasteiger partial charge in [0, 0.05) is 11.6 Å². The molecule has 0 bridgehead atoms. The molecule has 29 heavy (non-hydrogen) atoms. The zero-order chi connectivity index (χ0) is 20.2. The molecule has 1 aliphatic rings. The van der Waals surface area contributed by atoms with E-state index in [9.17, 15) is 9.90 Å². The third kappa shape index (κ3) is 4.25. The van der Waals surface area contributed by atoms with Crippen molar-refractivity contribution in [3.8, 4) is 11.5 Å². The highest BCUT2D eigenvalue weighted by molar-refractivity contribution is 5.97. The fraction of sp³-hybridized carbons (Fsp3) is 0.208. The maximum atomic E-state index is 12.4. The lowest BCUT2D eigenvalue weighted by Gasteiger charge is -2.16. The number of hydrogen-bond donors (Lipinski definition) is 1. The zero-order valence-corrected chi connectivity index (χ0v) is 16.1. The maximum absolute atomic E-state index is 12.4. The molecule has 0 aromatic heterocycles. The van der Waals surface area contributed by atoms with Crippen molar-refractivity contribution in [2.24, 2.45) is 0 Å². The van der Waals surface area contributed by atoms with Gasteiger partial charge in [-0.3, -0.25) is 0 Å². The van der Waals surface area contributed by atoms with Crippen LogP contribution in [0.1, 0.15) is 40.1 Å². The summed E-state index contributed by atoms with van der Waals surface area (Å²) in [5.41, 5.74) is 2.94. The topological polar surface area (TPSA) is 65.0 Å². The van der Waals surface area contributed by atoms with Crippen LogP contribution in [0, 0.1) is 0 Å². The van der Waals surface area contributed by atoms with Crippen molar-refractivity contribution >= 4 is 5.97 Å². The number of hydrogen-bond acceptors (Lipinski definition) is 5. The summed E-state index contributed by atoms with van der Waals surface area (Å²) in [7, 11) is 0. The summed E-state index contributed by atoms with van der Waals surface area (Å²) < 4.78 is 17.3. The molecule has 0 spiro atoms. The maximum Gasteiger partial charge on any atom is 0.343 e. The number of carbonyl (C=O) groups excluding carboxylic acids is 1. The Morgan fingerprint density at radius 2 is 1.52 bits per heavy atom. The minimum Gasteiger partial charge on any atom is -0.489 e. The minimum atomic E-state index is -0.841. The molecule has 0 saturated heterocycles. The van der Waals surface area contributed by atoms with E-state index in [0.717, 1.165) is 11.1 Å². The molecule has 3 aromatic rings. The van der Waals surface area contributed by atoms with E-state index in [-0.39, 0.29) is 0 Å². The Labute approximate surface area is 169 Å². The third-order valence-electron chi connectivity index (χ3n) is 4.77. The van der Waals surface area contributed by atoms with Crippen LogP contribution < -0.4 is 9.47 Å². The SMILES string of the molecule is C[C@@H](O)[C@@H]1OC(=O)c2c(OCc3ccccc3)cc(OCc3ccccc3)cc21. The largest absolute Gasteiger partial charge is 0.489 e. The number of esters is 1. The van der Waals surface area contributed by atoms with Gasteiger partial charge < -0.3 is 19.3 Å². The Hall–Kier alpha value is -3.31. The van der Waals surface area contributed by atoms with Crippen LogP contribution in [0.15, 0.2) is 72.8 Å². The van der Waals surface area contributed by atoms with Gasteiger partial charge >= 0.3 is 5.97 Å². The summed E-state index contributed by atoms with van der Waals surface area (Å²) in [4.78, 5) is 12.4. The summed E-state index contributed by atoms with van der Waals surface area (Å²) in [6, 6.07) is 23.0. The highest BCUT2D eigenvalue weighted by Crippen LogP contribution is 2.41. The van der Waals surface area contributed by atoms with E-state index in [1.807, 2.05) is 60.7 Å². The van der Waals surface area contributed by atoms with Gasteiger partial charge in [0.15, 0.2) is 6.10 Å². The van der Waals surface area contributed by atoms with E-state index in [1.165, 1.54) is 0 Å². The number of rotatable bonds is 7. The Kier molecular flexibility index (Phi) is 5.49. The van der Waals surface area contributed by atoms with E-state index < -0.39 is 18.2 Å². The van der Waals surface area contributed by atoms with Crippen molar-refractivity contribution in [3.05, 3.63) is 95.1 Å². The number of carbonyl (C=O) groups is 1. The first kappa shape index (κ1) is 19.0. The highest BCUT2D eigenvalue weighted by Gasteiger charge is 2.37. The number of aliphatic hydroxyl groups excluding tert-OH is 1. The fourth-order valence-corrected chi connectivity index (χ4v) is 3.32. The van der Waals surface area contributed by atoms with Crippen LogP contribution >= 0.6 is 0 Å². The van der Waals surface area contributed by atoms with Crippen LogP contribution in [0.4, 0.5) is 0 Å². The molecule has 4 rings (SSSR count). The van der Waals surface area contributed by atoms with Gasteiger partial charge in [-0.25, -0.2) is 4.79 Å². The first-order valence-corrected chi connectivity index (χ1v) is 9.52. The average molecular weight is 390 g/mol. The van der Waals surface area contributed by atoms with Crippen LogP contribution in [-0.4, -0.2) is 17.2 Å². The summed E-state index contributed by atoms with van der Waals surface area (Å²) in [5.74, 6) is 0.450. The van der Waals surface area contributed by atoms with Gasteiger partial charge in [0.05, 0.1) is 6.10 Å². The Morgan fingerprint density at radius 1 is 0.931 bits per heavy atom. The summed E-state index contributed by atoms with van der Waals surface area (Å²) in [6.45, 7) is 2.28. The lowest BCUT2D eigenvalue weighted by Crippen LogP contribution is -2.14. The van der Waals surface area contributed by atoms with Crippen LogP contribution in [0.3, 0.4) is 0 Å². The molecular formula is C24H22O5. The third-order valence-corrected chi connectivity index (χ3v) is 4.77. The van der Waals surface area contributed by atoms with Crippen LogP contribution in [-0.2, 0) is 18.0 Å². The summed E-state index contributed by atoms with van der Waals surface area (Å²) >= 11 is 0. The van der Waals surface area contributed by atoms with Crippen molar-refractivity contribution in [3.63, 3.8) is 0 Å². The second-order valence-electron chi connectivity index (χ2n) is 7.00. The first-order chi connectivity index (χ1) is 14.1. The molecule has 0 aliphatic carbocycles. The smallest absolute Gasteiger partial charge is 0.343 e. The molecule has 0 fully saturated rings. The molecule has 3 aromatic carbocycles. The molecule has 0 saturated carbocycles. The van der Waals surface area contributed by atoms with Crippen molar-refractivity contribution < 1.29 is 24.1 Å². The van der Waals surface area contributed by atoms with E-state index in [4.69, 9.17) is 14.2 Å². The van der Waals surface area contributed by atoms with Gasteiger partial charge in [0.2, 0.25) is 0 Å². The van der Waals surface area contributed by atoms with E-state index in [1.54, 1.807) is 19.1 Å². The average Bonchev–Trinajstić information content (AvgIpc) is 3.09.